The summed E-state index contributed by atoms with van der Waals surface area (Å²) in [7, 11) is 0. The summed E-state index contributed by atoms with van der Waals surface area (Å²) < 4.78 is 39.5. The van der Waals surface area contributed by atoms with Crippen LogP contribution in [0.25, 0.3) is 5.69 Å². The normalized spacial score (nSPS) is 11.8. The van der Waals surface area contributed by atoms with E-state index in [1.165, 1.54) is 23.0 Å². The van der Waals surface area contributed by atoms with Crippen molar-refractivity contribution in [2.45, 2.75) is 12.7 Å². The Morgan fingerprint density at radius 2 is 2.06 bits per heavy atom. The van der Waals surface area contributed by atoms with Gasteiger partial charge in [-0.15, -0.1) is 5.10 Å². The highest BCUT2D eigenvalue weighted by Gasteiger charge is 2.33. The molecule has 96 valence electrons. The first-order chi connectivity index (χ1) is 8.43. The molecule has 0 atom stereocenters. The summed E-state index contributed by atoms with van der Waals surface area (Å²) in [6.07, 6.45) is -3.02. The van der Waals surface area contributed by atoms with Gasteiger partial charge in [0.1, 0.15) is 0 Å². The van der Waals surface area contributed by atoms with Crippen LogP contribution in [0.4, 0.5) is 13.2 Å². The predicted octanol–water partition coefficient (Wildman–Crippen LogP) is 2.51. The van der Waals surface area contributed by atoms with E-state index in [0.29, 0.717) is 5.69 Å². The summed E-state index contributed by atoms with van der Waals surface area (Å²) in [5, 5.41) is 7.34. The van der Waals surface area contributed by atoms with E-state index in [0.717, 1.165) is 6.07 Å². The van der Waals surface area contributed by atoms with Crippen LogP contribution in [0.1, 0.15) is 11.3 Å². The highest BCUT2D eigenvalue weighted by atomic mass is 79.9. The minimum Gasteiger partial charge on any atom is -0.325 e. The van der Waals surface area contributed by atoms with Crippen LogP contribution in [0.5, 0.6) is 0 Å². The van der Waals surface area contributed by atoms with Crippen LogP contribution in [0.15, 0.2) is 28.9 Å². The minimum atomic E-state index is -4.43. The van der Waals surface area contributed by atoms with E-state index >= 15 is 0 Å². The maximum atomic E-state index is 12.8. The molecule has 0 fully saturated rings. The summed E-state index contributed by atoms with van der Waals surface area (Å²) in [5.74, 6) is 0. The number of halogens is 4. The quantitative estimate of drug-likeness (QED) is 0.925. The topological polar surface area (TPSA) is 56.7 Å². The van der Waals surface area contributed by atoms with Gasteiger partial charge in [-0.2, -0.15) is 13.2 Å². The van der Waals surface area contributed by atoms with E-state index in [9.17, 15) is 13.2 Å². The predicted molar refractivity (Wildman–Crippen MR) is 62.0 cm³/mol. The molecule has 18 heavy (non-hydrogen) atoms. The highest BCUT2D eigenvalue weighted by molar-refractivity contribution is 9.10. The Labute approximate surface area is 109 Å². The van der Waals surface area contributed by atoms with Crippen LogP contribution in [-0.2, 0) is 12.7 Å². The third-order valence-electron chi connectivity index (χ3n) is 2.33. The van der Waals surface area contributed by atoms with Gasteiger partial charge in [0.15, 0.2) is 0 Å². The van der Waals surface area contributed by atoms with Crippen LogP contribution >= 0.6 is 15.9 Å². The van der Waals surface area contributed by atoms with E-state index < -0.39 is 11.7 Å². The molecule has 2 N–H and O–H groups in total. The van der Waals surface area contributed by atoms with Gasteiger partial charge in [0.25, 0.3) is 0 Å². The molecule has 0 saturated heterocycles. The van der Waals surface area contributed by atoms with Crippen molar-refractivity contribution in [1.82, 2.24) is 15.0 Å². The molecular formula is C10H8BrF3N4. The van der Waals surface area contributed by atoms with Crippen molar-refractivity contribution in [1.29, 1.82) is 0 Å². The maximum Gasteiger partial charge on any atom is 0.417 e. The van der Waals surface area contributed by atoms with Crippen molar-refractivity contribution in [2.75, 3.05) is 0 Å². The molecule has 1 heterocycles. The molecule has 0 aliphatic heterocycles. The molecule has 0 radical (unpaired) electrons. The number of hydrogen-bond donors (Lipinski definition) is 1. The molecule has 0 amide bonds. The monoisotopic (exact) mass is 320 g/mol. The summed E-state index contributed by atoms with van der Waals surface area (Å²) >= 11 is 2.88. The number of nitrogens with two attached hydrogens (primary N) is 1. The van der Waals surface area contributed by atoms with Gasteiger partial charge in [0, 0.05) is 11.0 Å². The first-order valence-electron chi connectivity index (χ1n) is 4.90. The van der Waals surface area contributed by atoms with Crippen molar-refractivity contribution in [3.05, 3.63) is 40.1 Å². The Hall–Kier alpha value is -1.41. The third-order valence-corrected chi connectivity index (χ3v) is 3.02. The van der Waals surface area contributed by atoms with Gasteiger partial charge in [-0.3, -0.25) is 0 Å². The number of rotatable bonds is 2. The third kappa shape index (κ3) is 2.39. The number of benzene rings is 1. The number of aromatic nitrogens is 3. The molecular weight excluding hydrogens is 313 g/mol. The zero-order valence-electron chi connectivity index (χ0n) is 8.95. The number of hydrogen-bond acceptors (Lipinski definition) is 3. The molecule has 2 rings (SSSR count). The van der Waals surface area contributed by atoms with Gasteiger partial charge in [-0.25, -0.2) is 4.68 Å². The fraction of sp³-hybridized carbons (Fsp3) is 0.200. The lowest BCUT2D eigenvalue weighted by Gasteiger charge is -2.11. The zero-order valence-corrected chi connectivity index (χ0v) is 10.5. The molecule has 1 aromatic heterocycles. The smallest absolute Gasteiger partial charge is 0.325 e. The molecule has 0 spiro atoms. The van der Waals surface area contributed by atoms with Gasteiger partial charge in [-0.1, -0.05) is 21.1 Å². The highest BCUT2D eigenvalue weighted by Crippen LogP contribution is 2.35. The van der Waals surface area contributed by atoms with E-state index in [4.69, 9.17) is 5.73 Å². The van der Waals surface area contributed by atoms with Crippen LogP contribution in [0.3, 0.4) is 0 Å². The van der Waals surface area contributed by atoms with Gasteiger partial charge in [0.05, 0.1) is 23.1 Å². The average Bonchev–Trinajstić information content (AvgIpc) is 2.76. The van der Waals surface area contributed by atoms with Gasteiger partial charge in [-0.05, 0) is 18.2 Å². The second kappa shape index (κ2) is 4.69. The Bertz CT molecular complexity index is 564. The van der Waals surface area contributed by atoms with Crippen molar-refractivity contribution >= 4 is 15.9 Å². The molecule has 0 saturated carbocycles. The second-order valence-electron chi connectivity index (χ2n) is 3.50. The second-order valence-corrected chi connectivity index (χ2v) is 4.36. The summed E-state index contributed by atoms with van der Waals surface area (Å²) in [5.41, 5.74) is 5.49. The van der Waals surface area contributed by atoms with Gasteiger partial charge >= 0.3 is 6.18 Å². The van der Waals surface area contributed by atoms with Gasteiger partial charge in [0.2, 0.25) is 0 Å². The van der Waals surface area contributed by atoms with Crippen LogP contribution in [-0.4, -0.2) is 15.0 Å². The van der Waals surface area contributed by atoms with E-state index in [-0.39, 0.29) is 16.7 Å². The molecule has 0 unspecified atom stereocenters. The molecule has 0 bridgehead atoms. The minimum absolute atomic E-state index is 0.0202. The Balaban J connectivity index is 2.54. The molecule has 1 aromatic carbocycles. The molecule has 0 aliphatic rings. The maximum absolute atomic E-state index is 12.8. The lowest BCUT2D eigenvalue weighted by atomic mass is 10.2. The van der Waals surface area contributed by atoms with Crippen LogP contribution in [0.2, 0.25) is 0 Å². The summed E-state index contributed by atoms with van der Waals surface area (Å²) in [6.45, 7) is 0.143. The number of nitrogens with zero attached hydrogens (tertiary/aromatic N) is 3. The van der Waals surface area contributed by atoms with E-state index in [1.807, 2.05) is 0 Å². The molecule has 2 aromatic rings. The van der Waals surface area contributed by atoms with Crippen LogP contribution < -0.4 is 5.73 Å². The Morgan fingerprint density at radius 1 is 1.33 bits per heavy atom. The first-order valence-corrected chi connectivity index (χ1v) is 5.69. The van der Waals surface area contributed by atoms with Crippen LogP contribution in [0, 0.1) is 0 Å². The fourth-order valence-electron chi connectivity index (χ4n) is 1.48. The first kappa shape index (κ1) is 13.0. The lowest BCUT2D eigenvalue weighted by Crippen LogP contribution is -2.10. The Kier molecular flexibility index (Phi) is 3.40. The Morgan fingerprint density at radius 3 is 2.67 bits per heavy atom. The van der Waals surface area contributed by atoms with Crippen molar-refractivity contribution < 1.29 is 13.2 Å². The van der Waals surface area contributed by atoms with E-state index in [1.54, 1.807) is 0 Å². The van der Waals surface area contributed by atoms with Crippen molar-refractivity contribution in [2.24, 2.45) is 5.73 Å². The standard InChI is InChI=1S/C10H8BrF3N4/c11-9-2-1-6(3-8(9)10(12,13)14)18-7(4-15)5-16-17-18/h1-3,5H,4,15H2. The molecule has 4 nitrogen and oxygen atoms in total. The van der Waals surface area contributed by atoms with E-state index in [2.05, 4.69) is 26.2 Å². The molecule has 8 heteroatoms. The SMILES string of the molecule is NCc1cnnn1-c1ccc(Br)c(C(F)(F)F)c1. The summed E-state index contributed by atoms with van der Waals surface area (Å²) in [6, 6.07) is 3.82. The zero-order chi connectivity index (χ0) is 13.3. The van der Waals surface area contributed by atoms with Crippen molar-refractivity contribution in [3.8, 4) is 5.69 Å². The largest absolute Gasteiger partial charge is 0.417 e. The lowest BCUT2D eigenvalue weighted by molar-refractivity contribution is -0.138. The summed E-state index contributed by atoms with van der Waals surface area (Å²) in [4.78, 5) is 0. The number of alkyl halides is 3. The molecule has 0 aliphatic carbocycles. The van der Waals surface area contributed by atoms with Crippen molar-refractivity contribution in [3.63, 3.8) is 0 Å². The fourth-order valence-corrected chi connectivity index (χ4v) is 1.95. The average molecular weight is 321 g/mol. The van der Waals surface area contributed by atoms with Gasteiger partial charge < -0.3 is 5.73 Å².